The van der Waals surface area contributed by atoms with Crippen molar-refractivity contribution in [1.82, 2.24) is 20.2 Å². The fourth-order valence-corrected chi connectivity index (χ4v) is 4.42. The first-order valence-electron chi connectivity index (χ1n) is 17.2. The van der Waals surface area contributed by atoms with Crippen LogP contribution in [0.15, 0.2) is 48.8 Å². The number of carbonyl (C=O) groups excluding carboxylic acids is 6. The second-order valence-corrected chi connectivity index (χ2v) is 12.1. The number of aliphatic hydroxyl groups is 1. The van der Waals surface area contributed by atoms with E-state index in [-0.39, 0.29) is 0 Å². The predicted octanol–water partition coefficient (Wildman–Crippen LogP) is 2.19. The van der Waals surface area contributed by atoms with Gasteiger partial charge in [0.2, 0.25) is 0 Å². The van der Waals surface area contributed by atoms with Crippen LogP contribution in [0.3, 0.4) is 0 Å². The summed E-state index contributed by atoms with van der Waals surface area (Å²) in [6.07, 6.45) is -1.40. The molecule has 52 heavy (non-hydrogen) atoms. The molecule has 0 aliphatic heterocycles. The lowest BCUT2D eigenvalue weighted by Gasteiger charge is -2.21. The molecule has 2 aromatic heterocycles. The Morgan fingerprint density at radius 3 is 1.40 bits per heavy atom. The topological polar surface area (TPSA) is 210 Å². The van der Waals surface area contributed by atoms with Crippen molar-refractivity contribution >= 4 is 35.8 Å². The van der Waals surface area contributed by atoms with Crippen LogP contribution in [0.5, 0.6) is 0 Å². The average Bonchev–Trinajstić information content (AvgIpc) is 3.11. The summed E-state index contributed by atoms with van der Waals surface area (Å²) in [6.45, 7) is 9.95. The number of carbonyl (C=O) groups is 6. The molecular weight excluding hydrogens is 680 g/mol. The Morgan fingerprint density at radius 2 is 1.00 bits per heavy atom. The van der Waals surface area contributed by atoms with Crippen LogP contribution in [0.1, 0.15) is 78.6 Å². The first-order chi connectivity index (χ1) is 24.7. The monoisotopic (exact) mass is 730 g/mol. The SMILES string of the molecule is C[C@H](O)C(=O)O[C@@H](C)C(=O)O[C@@H](C)C(=O)O[C@@H](C)C(=O)O[C@@H](C)C(=O)O[C@@H](C)C(=O)NCCCCCCN(Cc1ccccn1)Cc1ccccn1. The van der Waals surface area contributed by atoms with Gasteiger partial charge in [-0.2, -0.15) is 0 Å². The third-order valence-corrected chi connectivity index (χ3v) is 7.43. The van der Waals surface area contributed by atoms with Gasteiger partial charge in [-0.3, -0.25) is 19.7 Å². The number of aliphatic hydroxyl groups excluding tert-OH is 1. The highest BCUT2D eigenvalue weighted by Crippen LogP contribution is 2.11. The molecule has 0 spiro atoms. The van der Waals surface area contributed by atoms with Crippen molar-refractivity contribution < 1.29 is 57.6 Å². The summed E-state index contributed by atoms with van der Waals surface area (Å²) in [5.41, 5.74) is 1.97. The van der Waals surface area contributed by atoms with Gasteiger partial charge in [-0.1, -0.05) is 25.0 Å². The highest BCUT2D eigenvalue weighted by molar-refractivity contribution is 5.87. The van der Waals surface area contributed by atoms with E-state index < -0.39 is 72.4 Å². The van der Waals surface area contributed by atoms with E-state index in [2.05, 4.69) is 20.2 Å². The zero-order chi connectivity index (χ0) is 38.6. The highest BCUT2D eigenvalue weighted by atomic mass is 16.6. The van der Waals surface area contributed by atoms with Gasteiger partial charge in [-0.25, -0.2) is 24.0 Å². The number of ether oxygens (including phenoxy) is 5. The van der Waals surface area contributed by atoms with Crippen molar-refractivity contribution in [3.8, 4) is 0 Å². The Hall–Kier alpha value is -4.96. The fourth-order valence-electron chi connectivity index (χ4n) is 4.42. The van der Waals surface area contributed by atoms with Crippen LogP contribution in [0.25, 0.3) is 0 Å². The standard InChI is InChI=1S/C36H50N4O12/c1-23(41)32(43)49-25(3)34(45)51-27(5)36(47)52-28(6)35(46)50-26(4)33(44)48-24(2)31(42)39-19-11-7-8-14-20-40(21-29-15-9-12-17-37-29)22-30-16-10-13-18-38-30/h9-10,12-13,15-18,23-28,41H,7-8,11,14,19-22H2,1-6H3,(H,39,42)/t23-,24-,25-,26-,27-,28-/m0/s1. The lowest BCUT2D eigenvalue weighted by Crippen LogP contribution is -2.40. The number of pyridine rings is 2. The minimum atomic E-state index is -1.50. The molecule has 286 valence electrons. The number of aromatic nitrogens is 2. The number of nitrogens with zero attached hydrogens (tertiary/aromatic N) is 3. The summed E-state index contributed by atoms with van der Waals surface area (Å²) in [4.78, 5) is 84.4. The third kappa shape index (κ3) is 16.4. The minimum absolute atomic E-state index is 0.388. The van der Waals surface area contributed by atoms with E-state index in [1.165, 1.54) is 34.6 Å². The van der Waals surface area contributed by atoms with Crippen molar-refractivity contribution in [2.45, 2.75) is 117 Å². The molecule has 2 rings (SSSR count). The fraction of sp³-hybridized carbons (Fsp3) is 0.556. The molecule has 2 aromatic rings. The Bertz CT molecular complexity index is 1400. The molecule has 6 atom stereocenters. The summed E-state index contributed by atoms with van der Waals surface area (Å²) < 4.78 is 24.7. The van der Waals surface area contributed by atoms with E-state index in [0.29, 0.717) is 19.6 Å². The van der Waals surface area contributed by atoms with Crippen LogP contribution in [-0.4, -0.2) is 105 Å². The number of nitrogens with one attached hydrogen (secondary N) is 1. The maximum absolute atomic E-state index is 12.5. The van der Waals surface area contributed by atoms with Gasteiger partial charge >= 0.3 is 29.8 Å². The van der Waals surface area contributed by atoms with Crippen molar-refractivity contribution in [2.75, 3.05) is 13.1 Å². The molecule has 0 saturated carbocycles. The van der Waals surface area contributed by atoms with E-state index in [9.17, 15) is 33.9 Å². The molecule has 0 fully saturated rings. The summed E-state index contributed by atoms with van der Waals surface area (Å²) in [5, 5.41) is 11.9. The average molecular weight is 731 g/mol. The normalized spacial score (nSPS) is 14.5. The zero-order valence-electron chi connectivity index (χ0n) is 30.5. The zero-order valence-corrected chi connectivity index (χ0v) is 30.5. The first-order valence-corrected chi connectivity index (χ1v) is 17.2. The van der Waals surface area contributed by atoms with Crippen molar-refractivity contribution in [3.63, 3.8) is 0 Å². The molecule has 0 bridgehead atoms. The summed E-state index contributed by atoms with van der Waals surface area (Å²) in [5.74, 6) is -5.85. The van der Waals surface area contributed by atoms with E-state index >= 15 is 0 Å². The number of rotatable bonds is 22. The number of hydrogen-bond acceptors (Lipinski definition) is 15. The van der Waals surface area contributed by atoms with Crippen LogP contribution in [0.4, 0.5) is 0 Å². The number of hydrogen-bond donors (Lipinski definition) is 2. The molecular formula is C36H50N4O12. The molecule has 0 unspecified atom stereocenters. The molecule has 2 heterocycles. The Labute approximate surface area is 303 Å². The summed E-state index contributed by atoms with van der Waals surface area (Å²) >= 11 is 0. The maximum atomic E-state index is 12.5. The van der Waals surface area contributed by atoms with Crippen molar-refractivity contribution in [3.05, 3.63) is 60.2 Å². The number of esters is 5. The van der Waals surface area contributed by atoms with Gasteiger partial charge in [0, 0.05) is 32.0 Å². The quantitative estimate of drug-likeness (QED) is 0.101. The largest absolute Gasteiger partial charge is 0.450 e. The van der Waals surface area contributed by atoms with Gasteiger partial charge in [-0.05, 0) is 85.2 Å². The summed E-state index contributed by atoms with van der Waals surface area (Å²) in [7, 11) is 0. The van der Waals surface area contributed by atoms with Gasteiger partial charge in [0.25, 0.3) is 5.91 Å². The molecule has 0 aliphatic rings. The summed E-state index contributed by atoms with van der Waals surface area (Å²) in [6, 6.07) is 11.7. The maximum Gasteiger partial charge on any atom is 0.347 e. The van der Waals surface area contributed by atoms with Gasteiger partial charge < -0.3 is 34.1 Å². The molecule has 0 aromatic carbocycles. The smallest absolute Gasteiger partial charge is 0.347 e. The van der Waals surface area contributed by atoms with Gasteiger partial charge in [0.05, 0.1) is 11.4 Å². The lowest BCUT2D eigenvalue weighted by atomic mass is 10.1. The molecule has 0 radical (unpaired) electrons. The second kappa shape index (κ2) is 22.8. The van der Waals surface area contributed by atoms with Gasteiger partial charge in [0.1, 0.15) is 6.10 Å². The Morgan fingerprint density at radius 1 is 0.596 bits per heavy atom. The van der Waals surface area contributed by atoms with Crippen molar-refractivity contribution in [2.24, 2.45) is 0 Å². The van der Waals surface area contributed by atoms with E-state index in [0.717, 1.165) is 50.5 Å². The van der Waals surface area contributed by atoms with E-state index in [1.54, 1.807) is 12.4 Å². The van der Waals surface area contributed by atoms with Gasteiger partial charge in [0.15, 0.2) is 30.5 Å². The van der Waals surface area contributed by atoms with Crippen LogP contribution in [0.2, 0.25) is 0 Å². The number of amides is 1. The van der Waals surface area contributed by atoms with Crippen LogP contribution in [0, 0.1) is 0 Å². The number of unbranched alkanes of at least 4 members (excludes halogenated alkanes) is 3. The minimum Gasteiger partial charge on any atom is -0.450 e. The molecule has 16 heteroatoms. The molecule has 16 nitrogen and oxygen atoms in total. The van der Waals surface area contributed by atoms with E-state index in [4.69, 9.17) is 23.7 Å². The Kier molecular flexibility index (Phi) is 18.9. The molecule has 2 N–H and O–H groups in total. The Balaban J connectivity index is 1.66. The predicted molar refractivity (Wildman–Crippen MR) is 184 cm³/mol. The third-order valence-electron chi connectivity index (χ3n) is 7.43. The first kappa shape index (κ1) is 43.2. The molecule has 0 aliphatic carbocycles. The van der Waals surface area contributed by atoms with Gasteiger partial charge in [-0.15, -0.1) is 0 Å². The van der Waals surface area contributed by atoms with Crippen LogP contribution < -0.4 is 5.32 Å². The van der Waals surface area contributed by atoms with Crippen LogP contribution in [-0.2, 0) is 65.5 Å². The van der Waals surface area contributed by atoms with Crippen molar-refractivity contribution in [1.29, 1.82) is 0 Å². The van der Waals surface area contributed by atoms with E-state index in [1.807, 2.05) is 36.4 Å². The lowest BCUT2D eigenvalue weighted by molar-refractivity contribution is -0.186. The van der Waals surface area contributed by atoms with Crippen LogP contribution >= 0.6 is 0 Å². The molecule has 0 saturated heterocycles. The second-order valence-electron chi connectivity index (χ2n) is 12.1. The molecule has 1 amide bonds. The highest BCUT2D eigenvalue weighted by Gasteiger charge is 2.31.